The van der Waals surface area contributed by atoms with Crippen LogP contribution in [0.5, 0.6) is 5.88 Å². The van der Waals surface area contributed by atoms with Crippen LogP contribution in [0.15, 0.2) is 71.7 Å². The van der Waals surface area contributed by atoms with Crippen LogP contribution in [-0.2, 0) is 19.9 Å². The number of hydrogen-bond acceptors (Lipinski definition) is 4. The van der Waals surface area contributed by atoms with Crippen LogP contribution < -0.4 is 5.56 Å². The number of aromatic amines is 1. The molecule has 5 rings (SSSR count). The van der Waals surface area contributed by atoms with Gasteiger partial charge in [0.15, 0.2) is 0 Å². The molecule has 0 saturated heterocycles. The Balaban J connectivity index is 1.61. The first-order chi connectivity index (χ1) is 15.5. The number of H-pyrrole nitrogens is 1. The molecule has 32 heavy (non-hydrogen) atoms. The van der Waals surface area contributed by atoms with Crippen molar-refractivity contribution < 1.29 is 9.50 Å². The molecule has 0 amide bonds. The first kappa shape index (κ1) is 19.7. The molecule has 0 unspecified atom stereocenters. The van der Waals surface area contributed by atoms with E-state index in [1.54, 1.807) is 31.4 Å². The standard InChI is InChI=1S/C24H20FN5O2/c1-29-13-12-16(14-21(29)31)22-18(11-8-15-6-9-17(25)10-7-15)23(32)30(28-22)24-26-19-4-2-3-5-20(19)27-24/h2-7,9-10,12-14,32H,8,11H2,1H3,(H,26,27). The first-order valence-electron chi connectivity index (χ1n) is 10.2. The van der Waals surface area contributed by atoms with Crippen LogP contribution in [0.25, 0.3) is 28.2 Å². The van der Waals surface area contributed by atoms with E-state index in [0.717, 1.165) is 16.6 Å². The highest BCUT2D eigenvalue weighted by molar-refractivity contribution is 5.76. The zero-order valence-corrected chi connectivity index (χ0v) is 17.3. The highest BCUT2D eigenvalue weighted by atomic mass is 19.1. The van der Waals surface area contributed by atoms with E-state index in [2.05, 4.69) is 15.1 Å². The normalized spacial score (nSPS) is 11.3. The molecule has 0 atom stereocenters. The van der Waals surface area contributed by atoms with Crippen LogP contribution >= 0.6 is 0 Å². The monoisotopic (exact) mass is 429 g/mol. The largest absolute Gasteiger partial charge is 0.493 e. The predicted molar refractivity (Wildman–Crippen MR) is 119 cm³/mol. The van der Waals surface area contributed by atoms with Gasteiger partial charge in [-0.2, -0.15) is 9.78 Å². The summed E-state index contributed by atoms with van der Waals surface area (Å²) in [6.45, 7) is 0. The number of benzene rings is 2. The Kier molecular flexibility index (Phi) is 4.82. The van der Waals surface area contributed by atoms with Crippen molar-refractivity contribution in [3.8, 4) is 23.1 Å². The third kappa shape index (κ3) is 3.56. The van der Waals surface area contributed by atoms with E-state index in [4.69, 9.17) is 0 Å². The quantitative estimate of drug-likeness (QED) is 0.445. The smallest absolute Gasteiger partial charge is 0.250 e. The lowest BCUT2D eigenvalue weighted by molar-refractivity contribution is 0.425. The summed E-state index contributed by atoms with van der Waals surface area (Å²) in [5.41, 5.74) is 4.01. The SMILES string of the molecule is Cn1ccc(-c2nn(-c3nc4ccccc4[nH]3)c(O)c2CCc2ccc(F)cc2)cc1=O. The van der Waals surface area contributed by atoms with E-state index in [1.165, 1.54) is 27.4 Å². The molecule has 7 nitrogen and oxygen atoms in total. The number of hydrogen-bond donors (Lipinski definition) is 2. The van der Waals surface area contributed by atoms with Gasteiger partial charge in [-0.05, 0) is 48.7 Å². The maximum Gasteiger partial charge on any atom is 0.250 e. The van der Waals surface area contributed by atoms with Crippen molar-refractivity contribution in [3.05, 3.63) is 94.2 Å². The molecular formula is C24H20FN5O2. The molecule has 5 aromatic rings. The van der Waals surface area contributed by atoms with E-state index in [1.807, 2.05) is 24.3 Å². The summed E-state index contributed by atoms with van der Waals surface area (Å²) >= 11 is 0. The van der Waals surface area contributed by atoms with E-state index in [0.29, 0.717) is 35.6 Å². The molecule has 0 bridgehead atoms. The number of aromatic nitrogens is 5. The molecule has 0 radical (unpaired) electrons. The molecule has 2 N–H and O–H groups in total. The van der Waals surface area contributed by atoms with Crippen molar-refractivity contribution in [2.45, 2.75) is 12.8 Å². The van der Waals surface area contributed by atoms with Gasteiger partial charge in [0, 0.05) is 30.4 Å². The van der Waals surface area contributed by atoms with Gasteiger partial charge < -0.3 is 14.7 Å². The van der Waals surface area contributed by atoms with Crippen LogP contribution in [0.3, 0.4) is 0 Å². The summed E-state index contributed by atoms with van der Waals surface area (Å²) in [5, 5.41) is 15.7. The summed E-state index contributed by atoms with van der Waals surface area (Å²) in [6.07, 6.45) is 2.68. The molecule has 0 aliphatic heterocycles. The van der Waals surface area contributed by atoms with Gasteiger partial charge in [-0.1, -0.05) is 24.3 Å². The second kappa shape index (κ2) is 7.81. The molecule has 0 saturated carbocycles. The summed E-state index contributed by atoms with van der Waals surface area (Å²) in [7, 11) is 1.67. The van der Waals surface area contributed by atoms with Gasteiger partial charge in [0.1, 0.15) is 11.5 Å². The number of halogens is 1. The van der Waals surface area contributed by atoms with Crippen LogP contribution in [0.4, 0.5) is 4.39 Å². The molecule has 0 fully saturated rings. The Bertz CT molecular complexity index is 1450. The van der Waals surface area contributed by atoms with Gasteiger partial charge in [0.25, 0.3) is 5.56 Å². The number of aryl methyl sites for hydroxylation is 2. The number of nitrogens with zero attached hydrogens (tertiary/aromatic N) is 4. The average molecular weight is 429 g/mol. The zero-order chi connectivity index (χ0) is 22.2. The Labute approximate surface area is 182 Å². The van der Waals surface area contributed by atoms with Gasteiger partial charge >= 0.3 is 0 Å². The van der Waals surface area contributed by atoms with E-state index in [9.17, 15) is 14.3 Å². The first-order valence-corrected chi connectivity index (χ1v) is 10.2. The summed E-state index contributed by atoms with van der Waals surface area (Å²) < 4.78 is 16.1. The molecule has 8 heteroatoms. The summed E-state index contributed by atoms with van der Waals surface area (Å²) in [5.74, 6) is 0.0267. The summed E-state index contributed by atoms with van der Waals surface area (Å²) in [6, 6.07) is 17.1. The predicted octanol–water partition coefficient (Wildman–Crippen LogP) is 3.74. The fraction of sp³-hybridized carbons (Fsp3) is 0.125. The molecule has 0 aliphatic rings. The number of fused-ring (bicyclic) bond motifs is 1. The third-order valence-corrected chi connectivity index (χ3v) is 5.49. The van der Waals surface area contributed by atoms with Crippen LogP contribution in [0, 0.1) is 5.82 Å². The Hall–Kier alpha value is -4.20. The molecule has 2 aromatic carbocycles. The number of imidazole rings is 1. The molecule has 160 valence electrons. The van der Waals surface area contributed by atoms with E-state index in [-0.39, 0.29) is 17.3 Å². The van der Waals surface area contributed by atoms with Crippen molar-refractivity contribution >= 4 is 11.0 Å². The molecule has 3 heterocycles. The third-order valence-electron chi connectivity index (χ3n) is 5.49. The Morgan fingerprint density at radius 3 is 2.59 bits per heavy atom. The maximum atomic E-state index is 13.3. The van der Waals surface area contributed by atoms with Gasteiger partial charge in [0.05, 0.1) is 11.0 Å². The molecule has 3 aromatic heterocycles. The van der Waals surface area contributed by atoms with Crippen LogP contribution in [-0.4, -0.2) is 29.4 Å². The van der Waals surface area contributed by atoms with E-state index >= 15 is 0 Å². The average Bonchev–Trinajstić information content (AvgIpc) is 3.36. The Morgan fingerprint density at radius 1 is 1.06 bits per heavy atom. The van der Waals surface area contributed by atoms with Gasteiger partial charge in [0.2, 0.25) is 11.8 Å². The zero-order valence-electron chi connectivity index (χ0n) is 17.3. The fourth-order valence-corrected chi connectivity index (χ4v) is 3.71. The lowest BCUT2D eigenvalue weighted by atomic mass is 10.0. The molecule has 0 aliphatic carbocycles. The van der Waals surface area contributed by atoms with Gasteiger partial charge in [-0.25, -0.2) is 9.37 Å². The fourth-order valence-electron chi connectivity index (χ4n) is 3.71. The number of rotatable bonds is 5. The number of aromatic hydroxyl groups is 1. The van der Waals surface area contributed by atoms with Crippen LogP contribution in [0.1, 0.15) is 11.1 Å². The highest BCUT2D eigenvalue weighted by Gasteiger charge is 2.22. The number of nitrogens with one attached hydrogen (secondary N) is 1. The second-order valence-electron chi connectivity index (χ2n) is 7.63. The highest BCUT2D eigenvalue weighted by Crippen LogP contribution is 2.32. The van der Waals surface area contributed by atoms with Gasteiger partial charge in [-0.3, -0.25) is 4.79 Å². The van der Waals surface area contributed by atoms with Crippen molar-refractivity contribution in [3.63, 3.8) is 0 Å². The topological polar surface area (TPSA) is 88.7 Å². The van der Waals surface area contributed by atoms with Crippen molar-refractivity contribution in [1.82, 2.24) is 24.3 Å². The minimum Gasteiger partial charge on any atom is -0.493 e. The van der Waals surface area contributed by atoms with Crippen LogP contribution in [0.2, 0.25) is 0 Å². The Morgan fingerprint density at radius 2 is 1.84 bits per heavy atom. The van der Waals surface area contributed by atoms with Crippen molar-refractivity contribution in [1.29, 1.82) is 0 Å². The minimum atomic E-state index is -0.296. The van der Waals surface area contributed by atoms with Crippen molar-refractivity contribution in [2.24, 2.45) is 7.05 Å². The summed E-state index contributed by atoms with van der Waals surface area (Å²) in [4.78, 5) is 19.9. The van der Waals surface area contributed by atoms with E-state index < -0.39 is 0 Å². The second-order valence-corrected chi connectivity index (χ2v) is 7.63. The maximum absolute atomic E-state index is 13.3. The molecule has 0 spiro atoms. The molecular weight excluding hydrogens is 409 g/mol. The van der Waals surface area contributed by atoms with Crippen molar-refractivity contribution in [2.75, 3.05) is 0 Å². The lowest BCUT2D eigenvalue weighted by Crippen LogP contribution is -2.14. The van der Waals surface area contributed by atoms with Gasteiger partial charge in [-0.15, -0.1) is 0 Å². The number of para-hydroxylation sites is 2. The minimum absolute atomic E-state index is 0.0538. The lowest BCUT2D eigenvalue weighted by Gasteiger charge is -2.05. The number of pyridine rings is 1.